The maximum atomic E-state index is 13.3. The smallest absolute Gasteiger partial charge is 0.322 e. The lowest BCUT2D eigenvalue weighted by atomic mass is 10.2. The van der Waals surface area contributed by atoms with Gasteiger partial charge in [-0.25, -0.2) is 8.42 Å². The predicted octanol–water partition coefficient (Wildman–Crippen LogP) is 4.26. The number of benzene rings is 3. The zero-order valence-corrected chi connectivity index (χ0v) is 21.6. The van der Waals surface area contributed by atoms with Crippen LogP contribution in [0.25, 0.3) is 6.08 Å². The van der Waals surface area contributed by atoms with Crippen molar-refractivity contribution in [3.8, 4) is 11.5 Å². The van der Waals surface area contributed by atoms with Gasteiger partial charge in [0.2, 0.25) is 0 Å². The molecule has 37 heavy (non-hydrogen) atoms. The van der Waals surface area contributed by atoms with Gasteiger partial charge in [-0.05, 0) is 54.1 Å². The van der Waals surface area contributed by atoms with Crippen LogP contribution in [0.2, 0.25) is 0 Å². The van der Waals surface area contributed by atoms with E-state index in [0.29, 0.717) is 38.2 Å². The number of hydrogen-bond acceptors (Lipinski definition) is 8. The zero-order valence-electron chi connectivity index (χ0n) is 20.0. The molecule has 0 radical (unpaired) electrons. The fraction of sp³-hybridized carbons (Fsp3) is 0.154. The summed E-state index contributed by atoms with van der Waals surface area (Å²) in [5.41, 5.74) is 2.31. The molecule has 1 aliphatic rings. The summed E-state index contributed by atoms with van der Waals surface area (Å²) in [7, 11) is -0.834. The van der Waals surface area contributed by atoms with Gasteiger partial charge in [-0.15, -0.1) is 0 Å². The molecular formula is C26H24N2O7S2. The maximum absolute atomic E-state index is 13.3. The highest BCUT2D eigenvalue weighted by Gasteiger charge is 2.26. The molecule has 3 N–H and O–H groups in total. The Morgan fingerprint density at radius 2 is 1.73 bits per heavy atom. The molecule has 3 aromatic carbocycles. The topological polar surface area (TPSA) is 131 Å². The predicted molar refractivity (Wildman–Crippen MR) is 142 cm³/mol. The number of carboxylic acid groups (broad SMARTS) is 1. The average Bonchev–Trinajstić information content (AvgIpc) is 2.88. The van der Waals surface area contributed by atoms with Gasteiger partial charge in [0.15, 0.2) is 9.84 Å². The van der Waals surface area contributed by atoms with Gasteiger partial charge < -0.3 is 25.2 Å². The largest absolute Gasteiger partial charge is 0.496 e. The minimum absolute atomic E-state index is 0.107. The molecule has 0 unspecified atom stereocenters. The Labute approximate surface area is 218 Å². The first-order chi connectivity index (χ1) is 17.7. The van der Waals surface area contributed by atoms with Crippen LogP contribution in [0.3, 0.4) is 0 Å². The maximum Gasteiger partial charge on any atom is 0.322 e. The van der Waals surface area contributed by atoms with Crippen LogP contribution in [0.1, 0.15) is 11.1 Å². The van der Waals surface area contributed by atoms with E-state index < -0.39 is 15.8 Å². The van der Waals surface area contributed by atoms with E-state index in [1.807, 2.05) is 0 Å². The minimum atomic E-state index is -3.77. The molecule has 1 aliphatic heterocycles. The molecule has 0 fully saturated rings. The van der Waals surface area contributed by atoms with Crippen LogP contribution in [0.5, 0.6) is 11.5 Å². The number of carboxylic acids is 1. The zero-order chi connectivity index (χ0) is 26.6. The highest BCUT2D eigenvalue weighted by Crippen LogP contribution is 2.41. The van der Waals surface area contributed by atoms with Gasteiger partial charge in [0.25, 0.3) is 5.91 Å². The van der Waals surface area contributed by atoms with Gasteiger partial charge in [0.1, 0.15) is 18.0 Å². The number of fused-ring (bicyclic) bond motifs is 1. The van der Waals surface area contributed by atoms with E-state index in [1.54, 1.807) is 60.7 Å². The van der Waals surface area contributed by atoms with E-state index in [0.717, 1.165) is 5.56 Å². The van der Waals surface area contributed by atoms with Gasteiger partial charge in [0, 0.05) is 10.6 Å². The number of aliphatic carboxylic acids is 1. The molecule has 1 heterocycles. The molecule has 0 saturated heterocycles. The number of amides is 1. The van der Waals surface area contributed by atoms with Crippen molar-refractivity contribution in [2.24, 2.45) is 0 Å². The van der Waals surface area contributed by atoms with Crippen LogP contribution in [0.4, 0.5) is 11.4 Å². The van der Waals surface area contributed by atoms with Crippen molar-refractivity contribution in [1.29, 1.82) is 0 Å². The van der Waals surface area contributed by atoms with Gasteiger partial charge in [0.05, 0.1) is 41.0 Å². The number of methoxy groups -OCH3 is 2. The molecule has 11 heteroatoms. The quantitative estimate of drug-likeness (QED) is 0.341. The number of sulfone groups is 1. The lowest BCUT2D eigenvalue weighted by Gasteiger charge is -2.20. The summed E-state index contributed by atoms with van der Waals surface area (Å²) in [6.07, 6.45) is 1.69. The lowest BCUT2D eigenvalue weighted by molar-refractivity contribution is -0.135. The molecule has 0 saturated carbocycles. The van der Waals surface area contributed by atoms with E-state index in [4.69, 9.17) is 14.6 Å². The van der Waals surface area contributed by atoms with Gasteiger partial charge in [-0.2, -0.15) is 0 Å². The van der Waals surface area contributed by atoms with Crippen molar-refractivity contribution in [1.82, 2.24) is 0 Å². The van der Waals surface area contributed by atoms with Gasteiger partial charge in [-0.3, -0.25) is 9.59 Å². The SMILES string of the molecule is COc1cccc(OC)c1CS(=O)(=O)c1ccc2c(c1)SC(=Cc1ccc(NCC(=O)O)cc1)C(=O)N2. The van der Waals surface area contributed by atoms with Crippen LogP contribution in [-0.2, 0) is 25.2 Å². The number of anilines is 2. The van der Waals surface area contributed by atoms with Crippen LogP contribution in [0.15, 0.2) is 75.4 Å². The summed E-state index contributed by atoms with van der Waals surface area (Å²) in [4.78, 5) is 24.4. The third-order valence-electron chi connectivity index (χ3n) is 5.52. The Morgan fingerprint density at radius 1 is 1.05 bits per heavy atom. The molecule has 0 spiro atoms. The second kappa shape index (κ2) is 11.0. The summed E-state index contributed by atoms with van der Waals surface area (Å²) in [5, 5.41) is 14.3. The fourth-order valence-electron chi connectivity index (χ4n) is 3.70. The van der Waals surface area contributed by atoms with Crippen molar-refractivity contribution in [3.05, 3.63) is 76.7 Å². The van der Waals surface area contributed by atoms with Crippen LogP contribution in [-0.4, -0.2) is 46.2 Å². The van der Waals surface area contributed by atoms with Gasteiger partial charge in [-0.1, -0.05) is 30.0 Å². The third kappa shape index (κ3) is 6.07. The fourth-order valence-corrected chi connectivity index (χ4v) is 6.17. The molecule has 0 bridgehead atoms. The van der Waals surface area contributed by atoms with Crippen molar-refractivity contribution < 1.29 is 32.6 Å². The standard InChI is InChI=1S/C26H24N2O7S2/c1-34-21-4-3-5-22(35-2)19(21)15-37(32,33)18-10-11-20-23(13-18)36-24(26(31)28-20)12-16-6-8-17(9-7-16)27-14-25(29)30/h3-13,27H,14-15H2,1-2H3,(H,28,31)(H,29,30). The highest BCUT2D eigenvalue weighted by molar-refractivity contribution is 8.04. The monoisotopic (exact) mass is 540 g/mol. The van der Waals surface area contributed by atoms with Crippen LogP contribution < -0.4 is 20.1 Å². The van der Waals surface area contributed by atoms with E-state index in [-0.39, 0.29) is 23.1 Å². The summed E-state index contributed by atoms with van der Waals surface area (Å²) in [6, 6.07) is 16.6. The van der Waals surface area contributed by atoms with Crippen molar-refractivity contribution in [2.75, 3.05) is 31.4 Å². The number of rotatable bonds is 9. The number of carbonyl (C=O) groups excluding carboxylic acids is 1. The van der Waals surface area contributed by atoms with Crippen molar-refractivity contribution >= 4 is 50.9 Å². The van der Waals surface area contributed by atoms with Crippen LogP contribution >= 0.6 is 11.8 Å². The Hall–Kier alpha value is -3.96. The third-order valence-corrected chi connectivity index (χ3v) is 8.24. The average molecular weight is 541 g/mol. The first kappa shape index (κ1) is 26.1. The minimum Gasteiger partial charge on any atom is -0.496 e. The first-order valence-electron chi connectivity index (χ1n) is 11.0. The molecular weight excluding hydrogens is 516 g/mol. The molecule has 0 aliphatic carbocycles. The number of nitrogens with one attached hydrogen (secondary N) is 2. The normalized spacial score (nSPS) is 14.0. The second-order valence-electron chi connectivity index (χ2n) is 7.99. The second-order valence-corrected chi connectivity index (χ2v) is 11.1. The first-order valence-corrected chi connectivity index (χ1v) is 13.5. The number of carbonyl (C=O) groups is 2. The number of thioether (sulfide) groups is 1. The lowest BCUT2D eigenvalue weighted by Crippen LogP contribution is -2.18. The molecule has 0 aromatic heterocycles. The summed E-state index contributed by atoms with van der Waals surface area (Å²) in [6.45, 7) is -0.204. The van der Waals surface area contributed by atoms with E-state index >= 15 is 0 Å². The summed E-state index contributed by atoms with van der Waals surface area (Å²) >= 11 is 1.17. The molecule has 9 nitrogen and oxygen atoms in total. The Balaban J connectivity index is 1.58. The van der Waals surface area contributed by atoms with Gasteiger partial charge >= 0.3 is 5.97 Å². The molecule has 3 aromatic rings. The summed E-state index contributed by atoms with van der Waals surface area (Å²) < 4.78 is 37.3. The van der Waals surface area contributed by atoms with Crippen molar-refractivity contribution in [3.63, 3.8) is 0 Å². The number of hydrogen-bond donors (Lipinski definition) is 3. The van der Waals surface area contributed by atoms with E-state index in [1.165, 1.54) is 32.0 Å². The van der Waals surface area contributed by atoms with Crippen LogP contribution in [0, 0.1) is 0 Å². The molecule has 0 atom stereocenters. The number of ether oxygens (including phenoxy) is 2. The van der Waals surface area contributed by atoms with Crippen molar-refractivity contribution in [2.45, 2.75) is 15.5 Å². The Morgan fingerprint density at radius 3 is 2.35 bits per heavy atom. The summed E-state index contributed by atoms with van der Waals surface area (Å²) in [5.74, 6) is -0.765. The molecule has 4 rings (SSSR count). The Bertz CT molecular complexity index is 1460. The highest BCUT2D eigenvalue weighted by atomic mass is 32.2. The molecule has 1 amide bonds. The Kier molecular flexibility index (Phi) is 7.74. The van der Waals surface area contributed by atoms with E-state index in [9.17, 15) is 18.0 Å². The molecule has 192 valence electrons. The van der Waals surface area contributed by atoms with E-state index in [2.05, 4.69) is 10.6 Å².